The van der Waals surface area contributed by atoms with E-state index in [0.29, 0.717) is 13.1 Å². The van der Waals surface area contributed by atoms with Crippen molar-refractivity contribution in [3.8, 4) is 0 Å². The highest BCUT2D eigenvalue weighted by Gasteiger charge is 2.17. The third kappa shape index (κ3) is 4.47. The first-order chi connectivity index (χ1) is 5.99. The first kappa shape index (κ1) is 11.9. The number of carboxylic acids is 1. The van der Waals surface area contributed by atoms with Gasteiger partial charge in [-0.05, 0) is 13.5 Å². The van der Waals surface area contributed by atoms with Crippen LogP contribution in [-0.2, 0) is 9.59 Å². The minimum atomic E-state index is -0.866. The highest BCUT2D eigenvalue weighted by molar-refractivity contribution is 5.79. The Morgan fingerprint density at radius 1 is 1.54 bits per heavy atom. The van der Waals surface area contributed by atoms with E-state index >= 15 is 0 Å². The van der Waals surface area contributed by atoms with Gasteiger partial charge >= 0.3 is 5.97 Å². The zero-order valence-corrected chi connectivity index (χ0v) is 7.99. The molecule has 0 bridgehead atoms. The molecule has 1 amide bonds. The summed E-state index contributed by atoms with van der Waals surface area (Å²) in [6, 6.07) is -0.399. The Morgan fingerprint density at radius 3 is 2.38 bits per heavy atom. The molecule has 13 heavy (non-hydrogen) atoms. The molecule has 0 aromatic rings. The van der Waals surface area contributed by atoms with Crippen LogP contribution >= 0.6 is 0 Å². The van der Waals surface area contributed by atoms with Crippen LogP contribution in [0.2, 0.25) is 0 Å². The molecule has 0 spiro atoms. The molecule has 1 unspecified atom stereocenters. The second-order valence-electron chi connectivity index (χ2n) is 2.85. The highest BCUT2D eigenvalue weighted by Crippen LogP contribution is 1.99. The number of hydrogen-bond acceptors (Lipinski definition) is 3. The summed E-state index contributed by atoms with van der Waals surface area (Å²) < 4.78 is 0. The van der Waals surface area contributed by atoms with E-state index in [1.807, 2.05) is 6.92 Å². The van der Waals surface area contributed by atoms with Crippen molar-refractivity contribution in [1.82, 2.24) is 4.90 Å². The molecule has 0 aromatic carbocycles. The number of aliphatic carboxylic acids is 1. The molecular weight excluding hydrogens is 172 g/mol. The van der Waals surface area contributed by atoms with Crippen LogP contribution in [0, 0.1) is 0 Å². The number of nitrogens with zero attached hydrogens (tertiary/aromatic N) is 1. The van der Waals surface area contributed by atoms with Gasteiger partial charge in [-0.3, -0.25) is 14.5 Å². The summed E-state index contributed by atoms with van der Waals surface area (Å²) in [7, 11) is 0. The van der Waals surface area contributed by atoms with E-state index in [0.717, 1.165) is 0 Å². The Kier molecular flexibility index (Phi) is 5.06. The van der Waals surface area contributed by atoms with Crippen molar-refractivity contribution in [3.05, 3.63) is 0 Å². The Labute approximate surface area is 77.5 Å². The maximum Gasteiger partial charge on any atom is 0.304 e. The van der Waals surface area contributed by atoms with Crippen molar-refractivity contribution in [2.45, 2.75) is 26.3 Å². The lowest BCUT2D eigenvalue weighted by atomic mass is 10.2. The van der Waals surface area contributed by atoms with Crippen molar-refractivity contribution in [2.75, 3.05) is 13.1 Å². The average molecular weight is 188 g/mol. The summed E-state index contributed by atoms with van der Waals surface area (Å²) in [5.41, 5.74) is 5.09. The van der Waals surface area contributed by atoms with Gasteiger partial charge < -0.3 is 10.8 Å². The lowest BCUT2D eigenvalue weighted by molar-refractivity contribution is -0.138. The van der Waals surface area contributed by atoms with Gasteiger partial charge in [-0.25, -0.2) is 0 Å². The van der Waals surface area contributed by atoms with Crippen molar-refractivity contribution in [1.29, 1.82) is 0 Å². The predicted octanol–water partition coefficient (Wildman–Crippen LogP) is -0.343. The summed E-state index contributed by atoms with van der Waals surface area (Å²) in [5.74, 6) is -1.29. The third-order valence-corrected chi connectivity index (χ3v) is 1.98. The fraction of sp³-hybridized carbons (Fsp3) is 0.750. The second kappa shape index (κ2) is 5.53. The van der Waals surface area contributed by atoms with Crippen molar-refractivity contribution in [3.63, 3.8) is 0 Å². The minimum Gasteiger partial charge on any atom is -0.481 e. The van der Waals surface area contributed by atoms with Gasteiger partial charge in [0.2, 0.25) is 5.91 Å². The molecule has 76 valence electrons. The quantitative estimate of drug-likeness (QED) is 0.597. The number of nitrogens with two attached hydrogens (primary N) is 1. The van der Waals surface area contributed by atoms with Crippen molar-refractivity contribution >= 4 is 11.9 Å². The van der Waals surface area contributed by atoms with Gasteiger partial charge in [-0.2, -0.15) is 0 Å². The Balaban J connectivity index is 4.02. The molecule has 0 rings (SSSR count). The van der Waals surface area contributed by atoms with E-state index in [1.54, 1.807) is 11.8 Å². The fourth-order valence-electron chi connectivity index (χ4n) is 1.04. The highest BCUT2D eigenvalue weighted by atomic mass is 16.4. The maximum atomic E-state index is 10.8. The molecule has 0 saturated heterocycles. The van der Waals surface area contributed by atoms with Crippen LogP contribution in [-0.4, -0.2) is 41.0 Å². The van der Waals surface area contributed by atoms with Crippen LogP contribution in [0.3, 0.4) is 0 Å². The van der Waals surface area contributed by atoms with Crippen molar-refractivity contribution < 1.29 is 14.7 Å². The number of amides is 1. The summed E-state index contributed by atoms with van der Waals surface area (Å²) in [6.45, 7) is 4.52. The number of primary amides is 1. The number of carbonyl (C=O) groups excluding carboxylic acids is 1. The monoisotopic (exact) mass is 188 g/mol. The zero-order valence-electron chi connectivity index (χ0n) is 7.99. The number of carboxylic acid groups (broad SMARTS) is 1. The molecule has 0 aliphatic heterocycles. The normalized spacial score (nSPS) is 12.8. The van der Waals surface area contributed by atoms with Gasteiger partial charge in [0.25, 0.3) is 0 Å². The summed E-state index contributed by atoms with van der Waals surface area (Å²) in [4.78, 5) is 22.8. The van der Waals surface area contributed by atoms with Crippen LogP contribution in [0.5, 0.6) is 0 Å². The number of likely N-dealkylation sites (N-methyl/N-ethyl adjacent to an activating group) is 1. The van der Waals surface area contributed by atoms with Gasteiger partial charge in [-0.15, -0.1) is 0 Å². The minimum absolute atomic E-state index is 0.0332. The molecule has 1 atom stereocenters. The van der Waals surface area contributed by atoms with Gasteiger partial charge in [0.05, 0.1) is 12.5 Å². The Hall–Kier alpha value is -1.10. The molecule has 0 saturated carbocycles. The smallest absolute Gasteiger partial charge is 0.304 e. The van der Waals surface area contributed by atoms with Gasteiger partial charge in [-0.1, -0.05) is 6.92 Å². The first-order valence-corrected chi connectivity index (χ1v) is 4.24. The van der Waals surface area contributed by atoms with Crippen LogP contribution in [0.1, 0.15) is 20.3 Å². The first-order valence-electron chi connectivity index (χ1n) is 4.24. The maximum absolute atomic E-state index is 10.8. The molecule has 0 aliphatic rings. The average Bonchev–Trinajstić information content (AvgIpc) is 2.04. The molecule has 5 nitrogen and oxygen atoms in total. The second-order valence-corrected chi connectivity index (χ2v) is 2.85. The summed E-state index contributed by atoms with van der Waals surface area (Å²) in [5, 5.41) is 8.44. The molecule has 0 heterocycles. The molecule has 5 heteroatoms. The number of hydrogen-bond donors (Lipinski definition) is 2. The van der Waals surface area contributed by atoms with Crippen LogP contribution < -0.4 is 5.73 Å². The standard InChI is InChI=1S/C8H16N2O3/c1-3-10(5-4-7(11)12)6(2)8(9)13/h6H,3-5H2,1-2H3,(H2,9,13)(H,11,12). The third-order valence-electron chi connectivity index (χ3n) is 1.98. The van der Waals surface area contributed by atoms with E-state index in [4.69, 9.17) is 10.8 Å². The SMILES string of the molecule is CCN(CCC(=O)O)C(C)C(N)=O. The van der Waals surface area contributed by atoms with E-state index in [1.165, 1.54) is 0 Å². The number of carbonyl (C=O) groups is 2. The zero-order chi connectivity index (χ0) is 10.4. The summed E-state index contributed by atoms with van der Waals surface area (Å²) >= 11 is 0. The van der Waals surface area contributed by atoms with E-state index in [2.05, 4.69) is 0 Å². The van der Waals surface area contributed by atoms with Crippen molar-refractivity contribution in [2.24, 2.45) is 5.73 Å². The van der Waals surface area contributed by atoms with Crippen LogP contribution in [0.15, 0.2) is 0 Å². The van der Waals surface area contributed by atoms with E-state index in [9.17, 15) is 9.59 Å². The van der Waals surface area contributed by atoms with Crippen LogP contribution in [0.4, 0.5) is 0 Å². The van der Waals surface area contributed by atoms with Crippen LogP contribution in [0.25, 0.3) is 0 Å². The van der Waals surface area contributed by atoms with Gasteiger partial charge in [0.15, 0.2) is 0 Å². The van der Waals surface area contributed by atoms with Gasteiger partial charge in [0, 0.05) is 6.54 Å². The Bertz CT molecular complexity index is 194. The number of rotatable bonds is 6. The largest absolute Gasteiger partial charge is 0.481 e. The Morgan fingerprint density at radius 2 is 2.08 bits per heavy atom. The molecule has 0 radical (unpaired) electrons. The topological polar surface area (TPSA) is 83.6 Å². The molecule has 0 fully saturated rings. The predicted molar refractivity (Wildman–Crippen MR) is 48.2 cm³/mol. The fourth-order valence-corrected chi connectivity index (χ4v) is 1.04. The molecular formula is C8H16N2O3. The summed E-state index contributed by atoms with van der Waals surface area (Å²) in [6.07, 6.45) is 0.0332. The van der Waals surface area contributed by atoms with Gasteiger partial charge in [0.1, 0.15) is 0 Å². The molecule has 0 aromatic heterocycles. The molecule has 3 N–H and O–H groups in total. The lowest BCUT2D eigenvalue weighted by Crippen LogP contribution is -2.43. The molecule has 0 aliphatic carbocycles. The lowest BCUT2D eigenvalue weighted by Gasteiger charge is -2.24. The van der Waals surface area contributed by atoms with E-state index < -0.39 is 17.9 Å². The van der Waals surface area contributed by atoms with E-state index in [-0.39, 0.29) is 6.42 Å².